The first kappa shape index (κ1) is 12.4. The third kappa shape index (κ3) is 2.78. The molecule has 0 atom stereocenters. The van der Waals surface area contributed by atoms with Gasteiger partial charge in [0.25, 0.3) is 5.91 Å². The summed E-state index contributed by atoms with van der Waals surface area (Å²) in [4.78, 5) is 11.7. The van der Waals surface area contributed by atoms with E-state index in [-0.39, 0.29) is 5.91 Å². The highest BCUT2D eigenvalue weighted by atomic mass is 35.5. The number of hydrogen-bond donors (Lipinski definition) is 1. The zero-order valence-electron chi connectivity index (χ0n) is 9.68. The second kappa shape index (κ2) is 5.51. The highest BCUT2D eigenvalue weighted by Gasteiger charge is 2.09. The number of nitrogens with one attached hydrogen (secondary N) is 1. The molecule has 0 unspecified atom stereocenters. The minimum absolute atomic E-state index is 0.315. The van der Waals surface area contributed by atoms with E-state index in [9.17, 15) is 4.79 Å². The summed E-state index contributed by atoms with van der Waals surface area (Å²) >= 11 is 5.95. The number of nitrogens with zero attached hydrogens (tertiary/aromatic N) is 1. The summed E-state index contributed by atoms with van der Waals surface area (Å²) in [5, 5.41) is 4.43. The summed E-state index contributed by atoms with van der Waals surface area (Å²) in [6.45, 7) is 1.71. The quantitative estimate of drug-likeness (QED) is 0.683. The van der Waals surface area contributed by atoms with Crippen LogP contribution in [-0.2, 0) is 0 Å². The molecular weight excluding hydrogens is 252 g/mol. The fraction of sp³-hybridized carbons (Fsp3) is 0.0769. The van der Waals surface area contributed by atoms with Gasteiger partial charge in [-0.2, -0.15) is 5.10 Å². The van der Waals surface area contributed by atoms with Crippen LogP contribution in [0.2, 0.25) is 5.02 Å². The number of benzene rings is 1. The van der Waals surface area contributed by atoms with E-state index in [2.05, 4.69) is 10.5 Å². The molecule has 0 saturated carbocycles. The lowest BCUT2D eigenvalue weighted by Gasteiger charge is -1.98. The maximum Gasteiger partial charge on any atom is 0.274 e. The van der Waals surface area contributed by atoms with Crippen molar-refractivity contribution in [2.75, 3.05) is 0 Å². The van der Waals surface area contributed by atoms with Crippen molar-refractivity contribution < 1.29 is 9.21 Å². The normalized spacial score (nSPS) is 10.8. The van der Waals surface area contributed by atoms with E-state index in [1.807, 2.05) is 12.1 Å². The molecule has 0 aliphatic rings. The van der Waals surface area contributed by atoms with Crippen LogP contribution in [0.25, 0.3) is 0 Å². The Kier molecular flexibility index (Phi) is 3.79. The summed E-state index contributed by atoms with van der Waals surface area (Å²) in [6.07, 6.45) is 2.96. The molecule has 0 fully saturated rings. The van der Waals surface area contributed by atoms with Crippen LogP contribution < -0.4 is 5.43 Å². The Balaban J connectivity index is 2.03. The third-order valence-electron chi connectivity index (χ3n) is 2.38. The summed E-state index contributed by atoms with van der Waals surface area (Å²) in [5.74, 6) is 0.241. The van der Waals surface area contributed by atoms with E-state index >= 15 is 0 Å². The van der Waals surface area contributed by atoms with Crippen molar-refractivity contribution in [2.45, 2.75) is 6.92 Å². The summed E-state index contributed by atoms with van der Waals surface area (Å²) in [5.41, 5.74) is 3.62. The number of furan rings is 1. The standard InChI is InChI=1S/C13H11ClN2O2/c1-9-11(6-7-18-9)13(17)16-15-8-10-4-2-3-5-12(10)14/h2-8H,1H3,(H,16,17). The van der Waals surface area contributed by atoms with Crippen LogP contribution in [0.3, 0.4) is 0 Å². The predicted molar refractivity (Wildman–Crippen MR) is 70.0 cm³/mol. The van der Waals surface area contributed by atoms with Crippen LogP contribution in [-0.4, -0.2) is 12.1 Å². The SMILES string of the molecule is Cc1occc1C(=O)NN=Cc1ccccc1Cl. The maximum atomic E-state index is 11.7. The number of rotatable bonds is 3. The summed E-state index contributed by atoms with van der Waals surface area (Å²) in [7, 11) is 0. The Hall–Kier alpha value is -2.07. The molecule has 1 N–H and O–H groups in total. The average Bonchev–Trinajstić information content (AvgIpc) is 2.78. The number of halogens is 1. The van der Waals surface area contributed by atoms with Gasteiger partial charge >= 0.3 is 0 Å². The number of amides is 1. The smallest absolute Gasteiger partial charge is 0.274 e. The fourth-order valence-electron chi connectivity index (χ4n) is 1.42. The first-order valence-corrected chi connectivity index (χ1v) is 5.68. The topological polar surface area (TPSA) is 54.6 Å². The Morgan fingerprint density at radius 3 is 2.83 bits per heavy atom. The predicted octanol–water partition coefficient (Wildman–Crippen LogP) is 3.01. The largest absolute Gasteiger partial charge is 0.469 e. The van der Waals surface area contributed by atoms with Crippen molar-refractivity contribution in [1.82, 2.24) is 5.43 Å². The summed E-state index contributed by atoms with van der Waals surface area (Å²) < 4.78 is 5.04. The van der Waals surface area contributed by atoms with Crippen molar-refractivity contribution >= 4 is 23.7 Å². The lowest BCUT2D eigenvalue weighted by Crippen LogP contribution is -2.17. The van der Waals surface area contributed by atoms with E-state index in [1.165, 1.54) is 12.5 Å². The molecule has 2 rings (SSSR count). The molecule has 92 valence electrons. The molecule has 18 heavy (non-hydrogen) atoms. The van der Waals surface area contributed by atoms with Gasteiger partial charge < -0.3 is 4.42 Å². The minimum atomic E-state index is -0.315. The van der Waals surface area contributed by atoms with E-state index in [4.69, 9.17) is 16.0 Å². The number of hydrogen-bond acceptors (Lipinski definition) is 3. The number of aryl methyl sites for hydroxylation is 1. The van der Waals surface area contributed by atoms with Crippen molar-refractivity contribution in [3.63, 3.8) is 0 Å². The fourth-order valence-corrected chi connectivity index (χ4v) is 1.61. The lowest BCUT2D eigenvalue weighted by molar-refractivity contribution is 0.0953. The van der Waals surface area contributed by atoms with E-state index < -0.39 is 0 Å². The van der Waals surface area contributed by atoms with Crippen LogP contribution in [0, 0.1) is 6.92 Å². The van der Waals surface area contributed by atoms with E-state index in [0.29, 0.717) is 16.3 Å². The second-order valence-electron chi connectivity index (χ2n) is 3.61. The molecule has 0 aliphatic carbocycles. The molecule has 0 radical (unpaired) electrons. The highest BCUT2D eigenvalue weighted by molar-refractivity contribution is 6.33. The maximum absolute atomic E-state index is 11.7. The van der Waals surface area contributed by atoms with Gasteiger partial charge in [-0.05, 0) is 19.1 Å². The third-order valence-corrected chi connectivity index (χ3v) is 2.72. The van der Waals surface area contributed by atoms with Gasteiger partial charge in [-0.1, -0.05) is 29.8 Å². The molecule has 2 aromatic rings. The van der Waals surface area contributed by atoms with Crippen LogP contribution >= 0.6 is 11.6 Å². The van der Waals surface area contributed by atoms with Gasteiger partial charge in [0.2, 0.25) is 0 Å². The first-order chi connectivity index (χ1) is 8.68. The molecule has 4 nitrogen and oxygen atoms in total. The van der Waals surface area contributed by atoms with Gasteiger partial charge in [-0.3, -0.25) is 4.79 Å². The lowest BCUT2D eigenvalue weighted by atomic mass is 10.2. The highest BCUT2D eigenvalue weighted by Crippen LogP contribution is 2.12. The number of carbonyl (C=O) groups is 1. The molecule has 0 spiro atoms. The summed E-state index contributed by atoms with van der Waals surface area (Å²) in [6, 6.07) is 8.82. The van der Waals surface area contributed by atoms with Crippen LogP contribution in [0.15, 0.2) is 46.1 Å². The molecule has 1 heterocycles. The molecule has 1 aromatic carbocycles. The molecule has 0 aliphatic heterocycles. The van der Waals surface area contributed by atoms with Gasteiger partial charge in [0.15, 0.2) is 0 Å². The Labute approximate surface area is 109 Å². The monoisotopic (exact) mass is 262 g/mol. The Morgan fingerprint density at radius 2 is 2.17 bits per heavy atom. The van der Waals surface area contributed by atoms with Crippen LogP contribution in [0.5, 0.6) is 0 Å². The van der Waals surface area contributed by atoms with Gasteiger partial charge in [0.1, 0.15) is 5.76 Å². The molecule has 0 saturated heterocycles. The van der Waals surface area contributed by atoms with Crippen molar-refractivity contribution in [3.8, 4) is 0 Å². The zero-order valence-corrected chi connectivity index (χ0v) is 10.4. The molecule has 0 bridgehead atoms. The Morgan fingerprint density at radius 1 is 1.39 bits per heavy atom. The minimum Gasteiger partial charge on any atom is -0.469 e. The first-order valence-electron chi connectivity index (χ1n) is 5.30. The zero-order chi connectivity index (χ0) is 13.0. The van der Waals surface area contributed by atoms with Crippen LogP contribution in [0.1, 0.15) is 21.7 Å². The van der Waals surface area contributed by atoms with Gasteiger partial charge in [-0.25, -0.2) is 5.43 Å². The Bertz CT molecular complexity index is 590. The molecular formula is C13H11ClN2O2. The van der Waals surface area contributed by atoms with Gasteiger partial charge in [-0.15, -0.1) is 0 Å². The average molecular weight is 263 g/mol. The van der Waals surface area contributed by atoms with Crippen LogP contribution in [0.4, 0.5) is 0 Å². The second-order valence-corrected chi connectivity index (χ2v) is 4.02. The van der Waals surface area contributed by atoms with E-state index in [0.717, 1.165) is 5.56 Å². The number of hydrazone groups is 1. The molecule has 1 amide bonds. The number of carbonyl (C=O) groups excluding carboxylic acids is 1. The van der Waals surface area contributed by atoms with Crippen molar-refractivity contribution in [2.24, 2.45) is 5.10 Å². The van der Waals surface area contributed by atoms with E-state index in [1.54, 1.807) is 25.1 Å². The van der Waals surface area contributed by atoms with Gasteiger partial charge in [0.05, 0.1) is 18.0 Å². The van der Waals surface area contributed by atoms with Gasteiger partial charge in [0, 0.05) is 10.6 Å². The molecule has 5 heteroatoms. The molecule has 1 aromatic heterocycles. The van der Waals surface area contributed by atoms with Crippen molar-refractivity contribution in [1.29, 1.82) is 0 Å². The van der Waals surface area contributed by atoms with Crippen molar-refractivity contribution in [3.05, 3.63) is 58.5 Å².